The molecule has 0 aliphatic rings. The van der Waals surface area contributed by atoms with Gasteiger partial charge in [-0.15, -0.1) is 0 Å². The van der Waals surface area contributed by atoms with Gasteiger partial charge in [-0.1, -0.05) is 24.6 Å². The van der Waals surface area contributed by atoms with E-state index in [2.05, 4.69) is 0 Å². The molecule has 152 valence electrons. The van der Waals surface area contributed by atoms with E-state index < -0.39 is 29.4 Å². The standard InChI is InChI=1S/C22H21ClFNO4/c1-4-10-29-22(28)12(2)18-13(3)25(16-8-9-17(26)20(24)19(16)18)21(27)14-6-5-7-15(23)11-14/h5-9,11-12,26H,4,10H2,1-3H3/t12-/m1/s1. The lowest BCUT2D eigenvalue weighted by molar-refractivity contribution is -0.145. The van der Waals surface area contributed by atoms with E-state index in [4.69, 9.17) is 16.3 Å². The van der Waals surface area contributed by atoms with Crippen LogP contribution in [-0.4, -0.2) is 28.2 Å². The smallest absolute Gasteiger partial charge is 0.313 e. The molecule has 3 rings (SSSR count). The van der Waals surface area contributed by atoms with Crippen LogP contribution in [0.25, 0.3) is 10.9 Å². The summed E-state index contributed by atoms with van der Waals surface area (Å²) in [6, 6.07) is 9.06. The average molecular weight is 418 g/mol. The lowest BCUT2D eigenvalue weighted by atomic mass is 9.97. The van der Waals surface area contributed by atoms with E-state index in [1.807, 2.05) is 6.92 Å². The molecule has 0 aliphatic carbocycles. The maximum atomic E-state index is 14.9. The first-order chi connectivity index (χ1) is 13.8. The molecule has 1 atom stereocenters. The fourth-order valence-electron chi connectivity index (χ4n) is 3.47. The quantitative estimate of drug-likeness (QED) is 0.580. The summed E-state index contributed by atoms with van der Waals surface area (Å²) in [7, 11) is 0. The van der Waals surface area contributed by atoms with Crippen LogP contribution < -0.4 is 0 Å². The van der Waals surface area contributed by atoms with Crippen molar-refractivity contribution in [1.82, 2.24) is 4.57 Å². The van der Waals surface area contributed by atoms with Gasteiger partial charge in [-0.25, -0.2) is 4.39 Å². The molecule has 0 unspecified atom stereocenters. The Bertz CT molecular complexity index is 1110. The molecule has 0 saturated carbocycles. The number of benzene rings is 2. The van der Waals surface area contributed by atoms with Crippen LogP contribution in [0, 0.1) is 12.7 Å². The second-order valence-corrected chi connectivity index (χ2v) is 7.27. The van der Waals surface area contributed by atoms with Gasteiger partial charge in [-0.05, 0) is 56.2 Å². The highest BCUT2D eigenvalue weighted by molar-refractivity contribution is 6.31. The van der Waals surface area contributed by atoms with Crippen molar-refractivity contribution in [1.29, 1.82) is 0 Å². The molecular weight excluding hydrogens is 397 g/mol. The summed E-state index contributed by atoms with van der Waals surface area (Å²) in [4.78, 5) is 25.7. The van der Waals surface area contributed by atoms with Crippen molar-refractivity contribution in [2.24, 2.45) is 0 Å². The number of aromatic nitrogens is 1. The Morgan fingerprint density at radius 1 is 1.28 bits per heavy atom. The van der Waals surface area contributed by atoms with Gasteiger partial charge in [0.05, 0.1) is 18.0 Å². The van der Waals surface area contributed by atoms with Crippen molar-refractivity contribution in [3.05, 3.63) is 64.1 Å². The van der Waals surface area contributed by atoms with E-state index in [0.717, 1.165) is 0 Å². The van der Waals surface area contributed by atoms with Gasteiger partial charge in [0.15, 0.2) is 11.6 Å². The van der Waals surface area contributed by atoms with Crippen LogP contribution >= 0.6 is 11.6 Å². The molecule has 0 amide bonds. The lowest BCUT2D eigenvalue weighted by Gasteiger charge is -2.13. The Balaban J connectivity index is 2.25. The van der Waals surface area contributed by atoms with Crippen molar-refractivity contribution in [3.8, 4) is 5.75 Å². The van der Waals surface area contributed by atoms with Crippen LogP contribution in [0.15, 0.2) is 36.4 Å². The van der Waals surface area contributed by atoms with Crippen LogP contribution in [-0.2, 0) is 9.53 Å². The van der Waals surface area contributed by atoms with E-state index in [9.17, 15) is 19.1 Å². The number of carbonyl (C=O) groups excluding carboxylic acids is 2. The average Bonchev–Trinajstić information content (AvgIpc) is 3.00. The third-order valence-electron chi connectivity index (χ3n) is 4.84. The van der Waals surface area contributed by atoms with Crippen molar-refractivity contribution >= 4 is 34.4 Å². The molecular formula is C22H21ClFNO4. The zero-order valence-electron chi connectivity index (χ0n) is 16.3. The van der Waals surface area contributed by atoms with Crippen molar-refractivity contribution in [2.75, 3.05) is 6.61 Å². The monoisotopic (exact) mass is 417 g/mol. The SMILES string of the molecule is CCCOC(=O)[C@H](C)c1c(C)n(C(=O)c2cccc(Cl)c2)c2ccc(O)c(F)c12. The first-order valence-electron chi connectivity index (χ1n) is 9.27. The molecule has 7 heteroatoms. The van der Waals surface area contributed by atoms with Gasteiger partial charge in [0.25, 0.3) is 5.91 Å². The molecule has 1 aromatic heterocycles. The number of ether oxygens (including phenoxy) is 1. The first-order valence-corrected chi connectivity index (χ1v) is 9.65. The Kier molecular flexibility index (Phi) is 5.94. The number of aromatic hydroxyl groups is 1. The molecule has 0 saturated heterocycles. The third-order valence-corrected chi connectivity index (χ3v) is 5.08. The molecule has 1 heterocycles. The third kappa shape index (κ3) is 3.72. The topological polar surface area (TPSA) is 68.5 Å². The van der Waals surface area contributed by atoms with Gasteiger partial charge < -0.3 is 9.84 Å². The van der Waals surface area contributed by atoms with Gasteiger partial charge >= 0.3 is 5.97 Å². The second-order valence-electron chi connectivity index (χ2n) is 6.83. The molecule has 1 N–H and O–H groups in total. The Labute approximate surface area is 172 Å². The summed E-state index contributed by atoms with van der Waals surface area (Å²) in [6.45, 7) is 5.35. The van der Waals surface area contributed by atoms with Crippen molar-refractivity contribution in [2.45, 2.75) is 33.1 Å². The van der Waals surface area contributed by atoms with E-state index in [-0.39, 0.29) is 17.5 Å². The number of halogens is 2. The summed E-state index contributed by atoms with van der Waals surface area (Å²) in [5.74, 6) is -3.20. The fourth-order valence-corrected chi connectivity index (χ4v) is 3.66. The number of phenols is 1. The molecule has 0 fully saturated rings. The van der Waals surface area contributed by atoms with E-state index in [0.29, 0.717) is 28.3 Å². The number of fused-ring (bicyclic) bond motifs is 1. The Morgan fingerprint density at radius 2 is 2.00 bits per heavy atom. The number of nitrogens with zero attached hydrogens (tertiary/aromatic N) is 1. The minimum Gasteiger partial charge on any atom is -0.505 e. The predicted octanol–water partition coefficient (Wildman–Crippen LogP) is 5.19. The summed E-state index contributed by atoms with van der Waals surface area (Å²) in [5, 5.41) is 10.3. The molecule has 0 radical (unpaired) electrons. The summed E-state index contributed by atoms with van der Waals surface area (Å²) in [6.07, 6.45) is 0.654. The molecule has 3 aromatic rings. The van der Waals surface area contributed by atoms with Gasteiger partial charge in [-0.2, -0.15) is 0 Å². The normalized spacial score (nSPS) is 12.2. The minimum absolute atomic E-state index is 0.0267. The number of hydrogen-bond acceptors (Lipinski definition) is 4. The maximum absolute atomic E-state index is 14.9. The van der Waals surface area contributed by atoms with Crippen LogP contribution in [0.5, 0.6) is 5.75 Å². The summed E-state index contributed by atoms with van der Waals surface area (Å²) < 4.78 is 21.5. The largest absolute Gasteiger partial charge is 0.505 e. The van der Waals surface area contributed by atoms with Gasteiger partial charge in [0, 0.05) is 21.7 Å². The maximum Gasteiger partial charge on any atom is 0.313 e. The van der Waals surface area contributed by atoms with Crippen LogP contribution in [0.3, 0.4) is 0 Å². The number of rotatable bonds is 5. The van der Waals surface area contributed by atoms with Crippen LogP contribution in [0.4, 0.5) is 4.39 Å². The molecule has 29 heavy (non-hydrogen) atoms. The minimum atomic E-state index is -0.881. The summed E-state index contributed by atoms with van der Waals surface area (Å²) in [5.41, 5.74) is 1.28. The Hall–Kier alpha value is -2.86. The van der Waals surface area contributed by atoms with Crippen molar-refractivity contribution in [3.63, 3.8) is 0 Å². The van der Waals surface area contributed by atoms with E-state index in [1.165, 1.54) is 22.8 Å². The first kappa shape index (κ1) is 20.9. The molecule has 0 aliphatic heterocycles. The highest BCUT2D eigenvalue weighted by Gasteiger charge is 2.30. The molecule has 5 nitrogen and oxygen atoms in total. The second kappa shape index (κ2) is 8.25. The highest BCUT2D eigenvalue weighted by atomic mass is 35.5. The van der Waals surface area contributed by atoms with Gasteiger partial charge in [-0.3, -0.25) is 14.2 Å². The van der Waals surface area contributed by atoms with E-state index >= 15 is 0 Å². The van der Waals surface area contributed by atoms with Crippen LogP contribution in [0.2, 0.25) is 5.02 Å². The zero-order valence-corrected chi connectivity index (χ0v) is 17.1. The van der Waals surface area contributed by atoms with E-state index in [1.54, 1.807) is 32.0 Å². The highest BCUT2D eigenvalue weighted by Crippen LogP contribution is 2.37. The fraction of sp³-hybridized carbons (Fsp3) is 0.273. The summed E-state index contributed by atoms with van der Waals surface area (Å²) >= 11 is 6.01. The van der Waals surface area contributed by atoms with Gasteiger partial charge in [0.2, 0.25) is 0 Å². The number of phenolic OH excluding ortho intramolecular Hbond substituents is 1. The lowest BCUT2D eigenvalue weighted by Crippen LogP contribution is -2.17. The predicted molar refractivity (Wildman–Crippen MR) is 109 cm³/mol. The zero-order chi connectivity index (χ0) is 21.3. The number of esters is 1. The van der Waals surface area contributed by atoms with Crippen molar-refractivity contribution < 1.29 is 23.8 Å². The number of carbonyl (C=O) groups is 2. The Morgan fingerprint density at radius 3 is 2.66 bits per heavy atom. The number of hydrogen-bond donors (Lipinski definition) is 1. The van der Waals surface area contributed by atoms with Crippen LogP contribution in [0.1, 0.15) is 47.8 Å². The molecule has 0 bridgehead atoms. The molecule has 2 aromatic carbocycles. The van der Waals surface area contributed by atoms with Gasteiger partial charge in [0.1, 0.15) is 0 Å². The molecule has 0 spiro atoms.